The van der Waals surface area contributed by atoms with Crippen molar-refractivity contribution in [3.05, 3.63) is 35.9 Å². The van der Waals surface area contributed by atoms with Crippen LogP contribution in [0.5, 0.6) is 0 Å². The zero-order valence-corrected chi connectivity index (χ0v) is 13.0. The molecule has 1 atom stereocenters. The number of hydrogen-bond acceptors (Lipinski definition) is 2. The molecule has 2 N–H and O–H groups in total. The van der Waals surface area contributed by atoms with E-state index in [0.29, 0.717) is 6.42 Å². The lowest BCUT2D eigenvalue weighted by atomic mass is 10.0. The molecule has 0 bridgehead atoms. The standard InChI is InChI=1S/C17H23NO3/c1-16(2)13(17(16,3)4)14(19)18-12(15(20)21)10-11-8-6-5-7-9-11/h5-9,12-13H,10H2,1-4H3,(H,18,19)(H,20,21)/t12-/m0/s1. The van der Waals surface area contributed by atoms with E-state index in [1.54, 1.807) is 0 Å². The van der Waals surface area contributed by atoms with E-state index in [0.717, 1.165) is 5.56 Å². The number of benzene rings is 1. The van der Waals surface area contributed by atoms with E-state index in [-0.39, 0.29) is 22.7 Å². The van der Waals surface area contributed by atoms with Crippen molar-refractivity contribution in [1.29, 1.82) is 0 Å². The lowest BCUT2D eigenvalue weighted by Crippen LogP contribution is -2.43. The molecule has 4 heteroatoms. The van der Waals surface area contributed by atoms with Crippen molar-refractivity contribution >= 4 is 11.9 Å². The van der Waals surface area contributed by atoms with Crippen LogP contribution in [0.1, 0.15) is 33.3 Å². The highest BCUT2D eigenvalue weighted by atomic mass is 16.4. The Morgan fingerprint density at radius 2 is 1.67 bits per heavy atom. The van der Waals surface area contributed by atoms with Crippen LogP contribution in [0.2, 0.25) is 0 Å². The molecule has 21 heavy (non-hydrogen) atoms. The van der Waals surface area contributed by atoms with Crippen molar-refractivity contribution in [2.45, 2.75) is 40.2 Å². The lowest BCUT2D eigenvalue weighted by Gasteiger charge is -2.15. The van der Waals surface area contributed by atoms with Crippen LogP contribution >= 0.6 is 0 Å². The minimum atomic E-state index is -0.997. The number of carboxylic acids is 1. The molecule has 1 aliphatic rings. The van der Waals surface area contributed by atoms with Gasteiger partial charge in [0.1, 0.15) is 6.04 Å². The average Bonchev–Trinajstić information content (AvgIpc) is 2.80. The van der Waals surface area contributed by atoms with Gasteiger partial charge in [0.25, 0.3) is 0 Å². The third-order valence-electron chi connectivity index (χ3n) is 5.18. The summed E-state index contributed by atoms with van der Waals surface area (Å²) in [6.45, 7) is 8.18. The zero-order valence-electron chi connectivity index (χ0n) is 13.0. The predicted molar refractivity (Wildman–Crippen MR) is 80.8 cm³/mol. The Bertz CT molecular complexity index is 534. The van der Waals surface area contributed by atoms with Crippen LogP contribution in [0, 0.1) is 16.7 Å². The Hall–Kier alpha value is -1.84. The first-order valence-electron chi connectivity index (χ1n) is 7.25. The second-order valence-electron chi connectivity index (χ2n) is 6.97. The summed E-state index contributed by atoms with van der Waals surface area (Å²) in [5.41, 5.74) is 0.722. The van der Waals surface area contributed by atoms with Crippen LogP contribution in [0.15, 0.2) is 30.3 Å². The molecule has 0 heterocycles. The number of aliphatic carboxylic acids is 1. The molecular weight excluding hydrogens is 266 g/mol. The minimum absolute atomic E-state index is 0.0904. The van der Waals surface area contributed by atoms with E-state index in [4.69, 9.17) is 0 Å². The fraction of sp³-hybridized carbons (Fsp3) is 0.529. The molecule has 1 saturated carbocycles. The molecule has 1 amide bonds. The minimum Gasteiger partial charge on any atom is -0.480 e. The summed E-state index contributed by atoms with van der Waals surface area (Å²) in [5.74, 6) is -1.29. The molecule has 2 rings (SSSR count). The Morgan fingerprint density at radius 3 is 2.10 bits per heavy atom. The van der Waals surface area contributed by atoms with E-state index in [2.05, 4.69) is 5.32 Å². The van der Waals surface area contributed by atoms with Gasteiger partial charge in [-0.05, 0) is 16.4 Å². The van der Waals surface area contributed by atoms with E-state index >= 15 is 0 Å². The molecule has 1 fully saturated rings. The van der Waals surface area contributed by atoms with E-state index < -0.39 is 12.0 Å². The number of nitrogens with one attached hydrogen (secondary N) is 1. The van der Waals surface area contributed by atoms with Gasteiger partial charge in [-0.3, -0.25) is 4.79 Å². The van der Waals surface area contributed by atoms with Crippen molar-refractivity contribution in [3.8, 4) is 0 Å². The van der Waals surface area contributed by atoms with Gasteiger partial charge in [-0.25, -0.2) is 4.79 Å². The molecule has 0 radical (unpaired) electrons. The van der Waals surface area contributed by atoms with Crippen LogP contribution in [0.3, 0.4) is 0 Å². The Kier molecular flexibility index (Phi) is 3.83. The lowest BCUT2D eigenvalue weighted by molar-refractivity contribution is -0.142. The summed E-state index contributed by atoms with van der Waals surface area (Å²) in [6, 6.07) is 8.46. The molecule has 114 valence electrons. The van der Waals surface area contributed by atoms with Crippen molar-refractivity contribution < 1.29 is 14.7 Å². The monoisotopic (exact) mass is 289 g/mol. The first-order valence-corrected chi connectivity index (χ1v) is 7.25. The number of carbonyl (C=O) groups excluding carboxylic acids is 1. The Labute approximate surface area is 125 Å². The van der Waals surface area contributed by atoms with Crippen molar-refractivity contribution in [1.82, 2.24) is 5.32 Å². The topological polar surface area (TPSA) is 66.4 Å². The number of hydrogen-bond donors (Lipinski definition) is 2. The van der Waals surface area contributed by atoms with Gasteiger partial charge >= 0.3 is 5.97 Å². The highest BCUT2D eigenvalue weighted by molar-refractivity contribution is 5.88. The summed E-state index contributed by atoms with van der Waals surface area (Å²) in [4.78, 5) is 23.8. The highest BCUT2D eigenvalue weighted by Crippen LogP contribution is 2.68. The summed E-state index contributed by atoms with van der Waals surface area (Å²) < 4.78 is 0. The normalized spacial score (nSPS) is 20.6. The second kappa shape index (κ2) is 5.17. The van der Waals surface area contributed by atoms with Crippen molar-refractivity contribution in [2.24, 2.45) is 16.7 Å². The summed E-state index contributed by atoms with van der Waals surface area (Å²) in [7, 11) is 0. The van der Waals surface area contributed by atoms with Gasteiger partial charge in [0, 0.05) is 12.3 Å². The summed E-state index contributed by atoms with van der Waals surface area (Å²) >= 11 is 0. The largest absolute Gasteiger partial charge is 0.480 e. The number of rotatable bonds is 5. The molecule has 4 nitrogen and oxygen atoms in total. The number of carbonyl (C=O) groups is 2. The van der Waals surface area contributed by atoms with Crippen LogP contribution in [0.25, 0.3) is 0 Å². The highest BCUT2D eigenvalue weighted by Gasteiger charge is 2.68. The Balaban J connectivity index is 2.05. The Morgan fingerprint density at radius 1 is 1.14 bits per heavy atom. The first kappa shape index (κ1) is 15.5. The SMILES string of the molecule is CC1(C)C(C(=O)N[C@@H](Cc2ccccc2)C(=O)O)C1(C)C. The molecular formula is C17H23NO3. The van der Waals surface area contributed by atoms with Gasteiger partial charge in [-0.1, -0.05) is 58.0 Å². The average molecular weight is 289 g/mol. The van der Waals surface area contributed by atoms with Gasteiger partial charge in [0.15, 0.2) is 0 Å². The first-order chi connectivity index (χ1) is 9.68. The van der Waals surface area contributed by atoms with Crippen molar-refractivity contribution in [3.63, 3.8) is 0 Å². The fourth-order valence-corrected chi connectivity index (χ4v) is 3.16. The van der Waals surface area contributed by atoms with Crippen LogP contribution in [0.4, 0.5) is 0 Å². The molecule has 1 aromatic rings. The molecule has 0 aliphatic heterocycles. The number of carboxylic acid groups (broad SMARTS) is 1. The number of amides is 1. The van der Waals surface area contributed by atoms with Gasteiger partial charge in [0.05, 0.1) is 0 Å². The van der Waals surface area contributed by atoms with Gasteiger partial charge in [-0.2, -0.15) is 0 Å². The van der Waals surface area contributed by atoms with Crippen LogP contribution in [-0.2, 0) is 16.0 Å². The maximum absolute atomic E-state index is 12.4. The molecule has 1 aromatic carbocycles. The maximum atomic E-state index is 12.4. The molecule has 0 spiro atoms. The van der Waals surface area contributed by atoms with E-state index in [1.807, 2.05) is 58.0 Å². The second-order valence-corrected chi connectivity index (χ2v) is 6.97. The van der Waals surface area contributed by atoms with Crippen LogP contribution < -0.4 is 5.32 Å². The molecule has 0 aromatic heterocycles. The van der Waals surface area contributed by atoms with Gasteiger partial charge in [-0.15, -0.1) is 0 Å². The maximum Gasteiger partial charge on any atom is 0.326 e. The third kappa shape index (κ3) is 2.80. The van der Waals surface area contributed by atoms with E-state index in [1.165, 1.54) is 0 Å². The quantitative estimate of drug-likeness (QED) is 0.875. The molecule has 1 aliphatic carbocycles. The fourth-order valence-electron chi connectivity index (χ4n) is 3.16. The summed E-state index contributed by atoms with van der Waals surface area (Å²) in [6.07, 6.45) is 0.301. The smallest absolute Gasteiger partial charge is 0.326 e. The molecule has 0 unspecified atom stereocenters. The zero-order chi connectivity index (χ0) is 15.8. The molecule has 0 saturated heterocycles. The van der Waals surface area contributed by atoms with Gasteiger partial charge < -0.3 is 10.4 Å². The van der Waals surface area contributed by atoms with Crippen molar-refractivity contribution in [2.75, 3.05) is 0 Å². The third-order valence-corrected chi connectivity index (χ3v) is 5.18. The van der Waals surface area contributed by atoms with Crippen LogP contribution in [-0.4, -0.2) is 23.0 Å². The summed E-state index contributed by atoms with van der Waals surface area (Å²) in [5, 5.41) is 12.0. The van der Waals surface area contributed by atoms with E-state index in [9.17, 15) is 14.7 Å². The predicted octanol–water partition coefficient (Wildman–Crippen LogP) is 2.48. The van der Waals surface area contributed by atoms with Gasteiger partial charge in [0.2, 0.25) is 5.91 Å².